The van der Waals surface area contributed by atoms with E-state index in [-0.39, 0.29) is 11.8 Å². The molecule has 3 aromatic rings. The van der Waals surface area contributed by atoms with Crippen LogP contribution in [-0.2, 0) is 14.8 Å². The molecule has 0 radical (unpaired) electrons. The monoisotopic (exact) mass is 640 g/mol. The smallest absolute Gasteiger partial charge is 0.215 e. The molecule has 10 nitrogen and oxygen atoms in total. The molecular weight excluding hydrogens is 600 g/mol. The van der Waals surface area contributed by atoms with Crippen molar-refractivity contribution in [1.29, 1.82) is 0 Å². The zero-order valence-electron chi connectivity index (χ0n) is 25.2. The zero-order chi connectivity index (χ0) is 30.5. The second-order valence-corrected chi connectivity index (χ2v) is 14.4. The first-order valence-electron chi connectivity index (χ1n) is 15.5. The summed E-state index contributed by atoms with van der Waals surface area (Å²) in [5.41, 5.74) is 2.08. The maximum Gasteiger partial charge on any atom is 0.215 e. The summed E-state index contributed by atoms with van der Waals surface area (Å²) < 4.78 is 38.4. The van der Waals surface area contributed by atoms with Gasteiger partial charge in [0, 0.05) is 61.3 Å². The number of aromatic nitrogens is 2. The van der Waals surface area contributed by atoms with Gasteiger partial charge in [-0.15, -0.1) is 0 Å². The third-order valence-corrected chi connectivity index (χ3v) is 10.8. The van der Waals surface area contributed by atoms with Gasteiger partial charge in [-0.25, -0.2) is 18.4 Å². The SMILES string of the molecule is Cc1ncc2c(n1)N(CC1CCN(CCS(=O)(=O)N3CCOCC3)CC1)CCC2Nc1cccc(Oc2cccc(Cl)c2)c1. The first-order valence-corrected chi connectivity index (χ1v) is 17.5. The van der Waals surface area contributed by atoms with Gasteiger partial charge in [-0.1, -0.05) is 23.7 Å². The Labute approximate surface area is 265 Å². The number of benzene rings is 2. The van der Waals surface area contributed by atoms with Crippen LogP contribution in [0.15, 0.2) is 54.7 Å². The number of anilines is 2. The van der Waals surface area contributed by atoms with Crippen LogP contribution in [0.4, 0.5) is 11.5 Å². The Morgan fingerprint density at radius 2 is 1.75 bits per heavy atom. The largest absolute Gasteiger partial charge is 0.457 e. The summed E-state index contributed by atoms with van der Waals surface area (Å²) >= 11 is 6.13. The Bertz CT molecular complexity index is 1530. The highest BCUT2D eigenvalue weighted by Gasteiger charge is 2.31. The van der Waals surface area contributed by atoms with Crippen LogP contribution in [0.3, 0.4) is 0 Å². The summed E-state index contributed by atoms with van der Waals surface area (Å²) in [6.07, 6.45) is 4.99. The van der Waals surface area contributed by atoms with Crippen molar-refractivity contribution in [3.63, 3.8) is 0 Å². The summed E-state index contributed by atoms with van der Waals surface area (Å²) in [4.78, 5) is 14.2. The molecule has 1 atom stereocenters. The number of halogens is 1. The second kappa shape index (κ2) is 14.0. The molecule has 2 fully saturated rings. The first-order chi connectivity index (χ1) is 21.3. The number of rotatable bonds is 10. The van der Waals surface area contributed by atoms with Gasteiger partial charge in [-0.05, 0) is 75.5 Å². The highest BCUT2D eigenvalue weighted by Crippen LogP contribution is 2.36. The number of likely N-dealkylation sites (tertiary alicyclic amines) is 1. The minimum Gasteiger partial charge on any atom is -0.457 e. The molecule has 1 aromatic heterocycles. The van der Waals surface area contributed by atoms with Gasteiger partial charge in [0.1, 0.15) is 23.1 Å². The fourth-order valence-corrected chi connectivity index (χ4v) is 7.89. The Morgan fingerprint density at radius 3 is 2.52 bits per heavy atom. The molecule has 12 heteroatoms. The maximum atomic E-state index is 12.8. The van der Waals surface area contributed by atoms with Gasteiger partial charge in [-0.3, -0.25) is 0 Å². The van der Waals surface area contributed by atoms with E-state index in [1.807, 2.05) is 55.6 Å². The van der Waals surface area contributed by atoms with Crippen molar-refractivity contribution >= 4 is 33.1 Å². The van der Waals surface area contributed by atoms with Gasteiger partial charge < -0.3 is 24.6 Å². The molecule has 0 bridgehead atoms. The third kappa shape index (κ3) is 7.81. The lowest BCUT2D eigenvalue weighted by atomic mass is 9.94. The molecule has 0 saturated carbocycles. The van der Waals surface area contributed by atoms with Crippen molar-refractivity contribution in [1.82, 2.24) is 19.2 Å². The van der Waals surface area contributed by atoms with Crippen LogP contribution in [0, 0.1) is 12.8 Å². The highest BCUT2D eigenvalue weighted by atomic mass is 35.5. The highest BCUT2D eigenvalue weighted by molar-refractivity contribution is 7.89. The van der Waals surface area contributed by atoms with Crippen LogP contribution in [0.1, 0.15) is 36.7 Å². The second-order valence-electron chi connectivity index (χ2n) is 11.8. The number of sulfonamides is 1. The van der Waals surface area contributed by atoms with Gasteiger partial charge in [0.2, 0.25) is 10.0 Å². The van der Waals surface area contributed by atoms with Crippen molar-refractivity contribution in [3.05, 3.63) is 71.1 Å². The van der Waals surface area contributed by atoms with E-state index >= 15 is 0 Å². The van der Waals surface area contributed by atoms with E-state index < -0.39 is 10.0 Å². The van der Waals surface area contributed by atoms with Crippen LogP contribution >= 0.6 is 11.6 Å². The van der Waals surface area contributed by atoms with Crippen molar-refractivity contribution in [2.24, 2.45) is 5.92 Å². The fourth-order valence-electron chi connectivity index (χ4n) is 6.26. The number of nitrogens with zero attached hydrogens (tertiary/aromatic N) is 5. The molecule has 1 N–H and O–H groups in total. The minimum absolute atomic E-state index is 0.0820. The van der Waals surface area contributed by atoms with Crippen molar-refractivity contribution in [2.45, 2.75) is 32.2 Å². The summed E-state index contributed by atoms with van der Waals surface area (Å²) in [5, 5.41) is 4.33. The predicted octanol–water partition coefficient (Wildman–Crippen LogP) is 4.97. The molecule has 0 amide bonds. The van der Waals surface area contributed by atoms with Gasteiger partial charge in [0.15, 0.2) is 0 Å². The zero-order valence-corrected chi connectivity index (χ0v) is 26.8. The Morgan fingerprint density at radius 1 is 1.00 bits per heavy atom. The number of nitrogens with one attached hydrogen (secondary N) is 1. The number of ether oxygens (including phenoxy) is 2. The van der Waals surface area contributed by atoms with Crippen molar-refractivity contribution in [2.75, 3.05) is 75.0 Å². The quantitative estimate of drug-likeness (QED) is 0.329. The van der Waals surface area contributed by atoms with Crippen LogP contribution in [0.2, 0.25) is 5.02 Å². The van der Waals surface area contributed by atoms with E-state index in [1.54, 1.807) is 10.4 Å². The fraction of sp³-hybridized carbons (Fsp3) is 0.500. The standard InChI is InChI=1S/C32H41ClN6O4S/c1-24-34-22-30-31(36-27-5-3-7-29(21-27)43-28-6-2-4-26(33)20-28)10-13-38(32(30)35-24)23-25-8-11-37(12-9-25)16-19-44(40,41)39-14-17-42-18-15-39/h2-7,20-22,25,31,36H,8-19,23H2,1H3. The summed E-state index contributed by atoms with van der Waals surface area (Å²) in [6.45, 7) is 8.11. The van der Waals surface area contributed by atoms with E-state index in [1.165, 1.54) is 0 Å². The van der Waals surface area contributed by atoms with E-state index in [9.17, 15) is 8.42 Å². The minimum atomic E-state index is -3.23. The number of aryl methyl sites for hydroxylation is 1. The first kappa shape index (κ1) is 31.0. The molecule has 2 saturated heterocycles. The molecule has 44 heavy (non-hydrogen) atoms. The Hall–Kier alpha value is -2.96. The van der Waals surface area contributed by atoms with Gasteiger partial charge >= 0.3 is 0 Å². The number of hydrogen-bond donors (Lipinski definition) is 1. The lowest BCUT2D eigenvalue weighted by Crippen LogP contribution is -2.45. The van der Waals surface area contributed by atoms with Crippen LogP contribution < -0.4 is 15.0 Å². The Kier molecular flexibility index (Phi) is 9.87. The average Bonchev–Trinajstić information content (AvgIpc) is 3.02. The van der Waals surface area contributed by atoms with Crippen molar-refractivity contribution < 1.29 is 17.9 Å². The molecular formula is C32H41ClN6O4S. The maximum absolute atomic E-state index is 12.8. The summed E-state index contributed by atoms with van der Waals surface area (Å²) in [5.74, 6) is 3.92. The average molecular weight is 641 g/mol. The lowest BCUT2D eigenvalue weighted by molar-refractivity contribution is 0.0728. The topological polar surface area (TPSA) is 100 Å². The van der Waals surface area contributed by atoms with Crippen LogP contribution in [-0.4, -0.2) is 92.4 Å². The normalized spacial score (nSPS) is 20.3. The number of fused-ring (bicyclic) bond motifs is 1. The van der Waals surface area contributed by atoms with Gasteiger partial charge in [0.05, 0.1) is 25.0 Å². The van der Waals surface area contributed by atoms with E-state index in [2.05, 4.69) is 20.1 Å². The lowest BCUT2D eigenvalue weighted by Gasteiger charge is -2.39. The molecule has 236 valence electrons. The van der Waals surface area contributed by atoms with Crippen LogP contribution in [0.5, 0.6) is 11.5 Å². The molecule has 2 aromatic carbocycles. The predicted molar refractivity (Wildman–Crippen MR) is 173 cm³/mol. The molecule has 6 rings (SSSR count). The summed E-state index contributed by atoms with van der Waals surface area (Å²) in [6, 6.07) is 15.4. The molecule has 3 aliphatic heterocycles. The van der Waals surface area contributed by atoms with Crippen LogP contribution in [0.25, 0.3) is 0 Å². The molecule has 0 spiro atoms. The van der Waals surface area contributed by atoms with E-state index in [4.69, 9.17) is 26.1 Å². The number of piperidine rings is 1. The van der Waals surface area contributed by atoms with E-state index in [0.717, 1.165) is 74.1 Å². The number of hydrogen-bond acceptors (Lipinski definition) is 9. The summed E-state index contributed by atoms with van der Waals surface area (Å²) in [7, 11) is -3.23. The van der Waals surface area contributed by atoms with E-state index in [0.29, 0.717) is 49.5 Å². The van der Waals surface area contributed by atoms with Gasteiger partial charge in [0.25, 0.3) is 0 Å². The third-order valence-electron chi connectivity index (χ3n) is 8.70. The van der Waals surface area contributed by atoms with Crippen molar-refractivity contribution in [3.8, 4) is 11.5 Å². The molecule has 1 unspecified atom stereocenters. The number of morpholine rings is 1. The molecule has 0 aliphatic carbocycles. The van der Waals surface area contributed by atoms with Gasteiger partial charge in [-0.2, -0.15) is 4.31 Å². The molecule has 3 aliphatic rings. The molecule has 4 heterocycles. The Balaban J connectivity index is 1.04.